The molecule has 0 aromatic heterocycles. The molecule has 0 saturated heterocycles. The third-order valence-corrected chi connectivity index (χ3v) is 3.85. The van der Waals surface area contributed by atoms with E-state index in [1.54, 1.807) is 0 Å². The zero-order valence-electron chi connectivity index (χ0n) is 12.0. The van der Waals surface area contributed by atoms with Gasteiger partial charge in [0.15, 0.2) is 0 Å². The molecule has 0 fully saturated rings. The summed E-state index contributed by atoms with van der Waals surface area (Å²) in [5.74, 6) is 0. The van der Waals surface area contributed by atoms with Gasteiger partial charge in [0.05, 0.1) is 5.41 Å². The van der Waals surface area contributed by atoms with Gasteiger partial charge >= 0.3 is 0 Å². The molecule has 0 spiro atoms. The van der Waals surface area contributed by atoms with Crippen LogP contribution in [0.2, 0.25) is 0 Å². The summed E-state index contributed by atoms with van der Waals surface area (Å²) in [6, 6.07) is 10.6. The van der Waals surface area contributed by atoms with Gasteiger partial charge in [0.1, 0.15) is 6.29 Å². The zero-order chi connectivity index (χ0) is 13.6. The Kier molecular flexibility index (Phi) is 5.54. The van der Waals surface area contributed by atoms with Crippen LogP contribution in [0.15, 0.2) is 30.3 Å². The van der Waals surface area contributed by atoms with E-state index in [4.69, 9.17) is 0 Å². The van der Waals surface area contributed by atoms with Crippen LogP contribution in [-0.4, -0.2) is 30.3 Å². The van der Waals surface area contributed by atoms with Crippen LogP contribution in [0.4, 0.5) is 0 Å². The van der Waals surface area contributed by atoms with E-state index in [9.17, 15) is 4.79 Å². The lowest BCUT2D eigenvalue weighted by Gasteiger charge is -2.34. The van der Waals surface area contributed by atoms with Gasteiger partial charge in [-0.1, -0.05) is 44.2 Å². The second kappa shape index (κ2) is 6.69. The van der Waals surface area contributed by atoms with Gasteiger partial charge in [-0.15, -0.1) is 0 Å². The molecule has 0 saturated carbocycles. The van der Waals surface area contributed by atoms with Crippen LogP contribution >= 0.6 is 0 Å². The summed E-state index contributed by atoms with van der Waals surface area (Å²) >= 11 is 0. The van der Waals surface area contributed by atoms with Crippen LogP contribution in [0.5, 0.6) is 0 Å². The van der Waals surface area contributed by atoms with Gasteiger partial charge in [0.25, 0.3) is 0 Å². The molecule has 0 amide bonds. The van der Waals surface area contributed by atoms with E-state index in [0.717, 1.165) is 31.4 Å². The summed E-state index contributed by atoms with van der Waals surface area (Å²) in [7, 11) is 0. The molecule has 1 aromatic rings. The van der Waals surface area contributed by atoms with Crippen molar-refractivity contribution >= 4 is 6.29 Å². The van der Waals surface area contributed by atoms with Crippen molar-refractivity contribution in [2.75, 3.05) is 13.1 Å². The van der Waals surface area contributed by atoms with Crippen LogP contribution in [0.1, 0.15) is 39.7 Å². The van der Waals surface area contributed by atoms with Crippen molar-refractivity contribution in [3.05, 3.63) is 35.9 Å². The molecule has 0 aliphatic carbocycles. The van der Waals surface area contributed by atoms with Crippen molar-refractivity contribution in [1.29, 1.82) is 0 Å². The fourth-order valence-corrected chi connectivity index (χ4v) is 2.27. The van der Waals surface area contributed by atoms with E-state index in [1.807, 2.05) is 37.3 Å². The highest BCUT2D eigenvalue weighted by Gasteiger charge is 2.29. The van der Waals surface area contributed by atoms with Gasteiger partial charge in [-0.2, -0.15) is 0 Å². The number of carbonyl (C=O) groups excluding carboxylic acids is 1. The highest BCUT2D eigenvalue weighted by Crippen LogP contribution is 2.23. The number of benzene rings is 1. The van der Waals surface area contributed by atoms with Crippen LogP contribution in [0, 0.1) is 0 Å². The van der Waals surface area contributed by atoms with Gasteiger partial charge in [-0.3, -0.25) is 4.90 Å². The standard InChI is InChI=1S/C16H25NO/c1-5-14(3)17(6-2)12-16(4,13-18)15-10-8-7-9-11-15/h7-11,13-14H,5-6,12H2,1-4H3. The summed E-state index contributed by atoms with van der Waals surface area (Å²) < 4.78 is 0. The van der Waals surface area contributed by atoms with Crippen molar-refractivity contribution in [1.82, 2.24) is 4.90 Å². The van der Waals surface area contributed by atoms with Crippen LogP contribution in [-0.2, 0) is 10.2 Å². The lowest BCUT2D eigenvalue weighted by Crippen LogP contribution is -2.44. The van der Waals surface area contributed by atoms with Crippen molar-refractivity contribution < 1.29 is 4.79 Å². The maximum Gasteiger partial charge on any atom is 0.131 e. The molecule has 0 aliphatic rings. The Balaban J connectivity index is 2.92. The Bertz CT molecular complexity index is 363. The molecular formula is C16H25NO. The first-order chi connectivity index (χ1) is 8.57. The summed E-state index contributed by atoms with van der Waals surface area (Å²) in [5.41, 5.74) is 0.683. The second-order valence-electron chi connectivity index (χ2n) is 5.22. The predicted molar refractivity (Wildman–Crippen MR) is 76.9 cm³/mol. The number of likely N-dealkylation sites (N-methyl/N-ethyl adjacent to an activating group) is 1. The molecule has 2 heteroatoms. The van der Waals surface area contributed by atoms with E-state index < -0.39 is 5.41 Å². The smallest absolute Gasteiger partial charge is 0.131 e. The van der Waals surface area contributed by atoms with Crippen molar-refractivity contribution in [2.45, 2.75) is 45.6 Å². The first-order valence-electron chi connectivity index (χ1n) is 6.83. The Hall–Kier alpha value is -1.15. The molecule has 1 rings (SSSR count). The monoisotopic (exact) mass is 247 g/mol. The summed E-state index contributed by atoms with van der Waals surface area (Å²) in [6.45, 7) is 10.4. The van der Waals surface area contributed by atoms with Crippen LogP contribution in [0.3, 0.4) is 0 Å². The first kappa shape index (κ1) is 14.9. The zero-order valence-corrected chi connectivity index (χ0v) is 12.0. The maximum atomic E-state index is 11.6. The topological polar surface area (TPSA) is 20.3 Å². The van der Waals surface area contributed by atoms with Gasteiger partial charge < -0.3 is 4.79 Å². The van der Waals surface area contributed by atoms with Gasteiger partial charge in [-0.25, -0.2) is 0 Å². The molecule has 0 aliphatic heterocycles. The molecule has 1 aromatic carbocycles. The average molecular weight is 247 g/mol. The Morgan fingerprint density at radius 1 is 1.28 bits per heavy atom. The van der Waals surface area contributed by atoms with E-state index in [2.05, 4.69) is 25.7 Å². The summed E-state index contributed by atoms with van der Waals surface area (Å²) in [6.07, 6.45) is 2.20. The van der Waals surface area contributed by atoms with Gasteiger partial charge in [0, 0.05) is 12.6 Å². The normalized spacial score (nSPS) is 16.3. The predicted octanol–water partition coefficient (Wildman–Crippen LogP) is 3.26. The van der Waals surface area contributed by atoms with E-state index >= 15 is 0 Å². The Labute approximate surface area is 111 Å². The quantitative estimate of drug-likeness (QED) is 0.689. The Morgan fingerprint density at radius 3 is 2.33 bits per heavy atom. The fourth-order valence-electron chi connectivity index (χ4n) is 2.27. The number of aldehydes is 1. The molecule has 0 bridgehead atoms. The molecule has 18 heavy (non-hydrogen) atoms. The average Bonchev–Trinajstić information content (AvgIpc) is 2.44. The number of nitrogens with zero attached hydrogens (tertiary/aromatic N) is 1. The van der Waals surface area contributed by atoms with E-state index in [-0.39, 0.29) is 0 Å². The number of hydrogen-bond acceptors (Lipinski definition) is 2. The van der Waals surface area contributed by atoms with Gasteiger partial charge in [0.2, 0.25) is 0 Å². The minimum absolute atomic E-state index is 0.416. The lowest BCUT2D eigenvalue weighted by molar-refractivity contribution is -0.113. The third kappa shape index (κ3) is 3.42. The van der Waals surface area contributed by atoms with Gasteiger partial charge in [-0.05, 0) is 32.4 Å². The van der Waals surface area contributed by atoms with Crippen LogP contribution in [0.25, 0.3) is 0 Å². The lowest BCUT2D eigenvalue weighted by atomic mass is 9.83. The van der Waals surface area contributed by atoms with Crippen molar-refractivity contribution in [3.8, 4) is 0 Å². The largest absolute Gasteiger partial charge is 0.302 e. The molecule has 0 heterocycles. The fraction of sp³-hybridized carbons (Fsp3) is 0.562. The van der Waals surface area contributed by atoms with Crippen molar-refractivity contribution in [3.63, 3.8) is 0 Å². The minimum Gasteiger partial charge on any atom is -0.302 e. The maximum absolute atomic E-state index is 11.6. The molecular weight excluding hydrogens is 222 g/mol. The molecule has 0 N–H and O–H groups in total. The molecule has 2 nitrogen and oxygen atoms in total. The highest BCUT2D eigenvalue weighted by atomic mass is 16.1. The minimum atomic E-state index is -0.416. The van der Waals surface area contributed by atoms with Crippen LogP contribution < -0.4 is 0 Å². The molecule has 2 atom stereocenters. The molecule has 0 radical (unpaired) electrons. The molecule has 2 unspecified atom stereocenters. The van der Waals surface area contributed by atoms with Crippen molar-refractivity contribution in [2.24, 2.45) is 0 Å². The second-order valence-corrected chi connectivity index (χ2v) is 5.22. The molecule has 100 valence electrons. The number of carbonyl (C=O) groups is 1. The first-order valence-corrected chi connectivity index (χ1v) is 6.83. The number of hydrogen-bond donors (Lipinski definition) is 0. The Morgan fingerprint density at radius 2 is 1.89 bits per heavy atom. The number of rotatable bonds is 7. The highest BCUT2D eigenvalue weighted by molar-refractivity contribution is 5.68. The summed E-state index contributed by atoms with van der Waals surface area (Å²) in [4.78, 5) is 13.9. The SMILES string of the molecule is CCC(C)N(CC)CC(C)(C=O)c1ccccc1. The van der Waals surface area contributed by atoms with E-state index in [1.165, 1.54) is 0 Å². The van der Waals surface area contributed by atoms with E-state index in [0.29, 0.717) is 6.04 Å². The summed E-state index contributed by atoms with van der Waals surface area (Å²) in [5, 5.41) is 0. The third-order valence-electron chi connectivity index (χ3n) is 3.85.